The van der Waals surface area contributed by atoms with Crippen molar-refractivity contribution < 1.29 is 10.2 Å². The maximum Gasteiger partial charge on any atom is 0.115 e. The van der Waals surface area contributed by atoms with Crippen molar-refractivity contribution >= 4 is 0 Å². The second-order valence-electron chi connectivity index (χ2n) is 4.74. The van der Waals surface area contributed by atoms with Gasteiger partial charge in [-0.2, -0.15) is 0 Å². The fourth-order valence-corrected chi connectivity index (χ4v) is 1.91. The molecule has 0 aromatic carbocycles. The Morgan fingerprint density at radius 2 is 2.05 bits per heavy atom. The van der Waals surface area contributed by atoms with Crippen LogP contribution in [0.1, 0.15) is 39.5 Å². The predicted octanol–water partition coefficient (Wildman–Crippen LogP) is 3.34. The largest absolute Gasteiger partial charge is 0.508 e. The van der Waals surface area contributed by atoms with Crippen LogP contribution in [0.5, 0.6) is 0 Å². The molecule has 0 heterocycles. The molecule has 2 unspecified atom stereocenters. The van der Waals surface area contributed by atoms with Gasteiger partial charge in [-0.15, -0.1) is 0 Å². The summed E-state index contributed by atoms with van der Waals surface area (Å²) in [4.78, 5) is 0. The smallest absolute Gasteiger partial charge is 0.115 e. The molecule has 3 heteroatoms. The van der Waals surface area contributed by atoms with Gasteiger partial charge in [-0.05, 0) is 44.4 Å². The lowest BCUT2D eigenvalue weighted by molar-refractivity contribution is 0.0960. The molecule has 1 aliphatic rings. The van der Waals surface area contributed by atoms with Crippen LogP contribution in [0.2, 0.25) is 0 Å². The zero-order chi connectivity index (χ0) is 14.5. The minimum atomic E-state index is -0.113. The summed E-state index contributed by atoms with van der Waals surface area (Å²) in [7, 11) is 1.93. The quantitative estimate of drug-likeness (QED) is 0.692. The van der Waals surface area contributed by atoms with E-state index in [9.17, 15) is 5.11 Å². The molecule has 110 valence electrons. The standard InChI is InChI=1S/C9H21NO.C7H8O/c1-4-6-9(11)8(5-2)7-10-3;8-7-5-3-1-2-4-6-7/h8-11H,4-7H2,1-3H3;1,3-6,8H,2H2. The fraction of sp³-hybridized carbons (Fsp3) is 0.625. The van der Waals surface area contributed by atoms with Gasteiger partial charge in [0.2, 0.25) is 0 Å². The molecular formula is C16H29NO2. The molecule has 3 N–H and O–H groups in total. The molecule has 0 saturated heterocycles. The second-order valence-corrected chi connectivity index (χ2v) is 4.74. The van der Waals surface area contributed by atoms with Gasteiger partial charge in [0.1, 0.15) is 5.76 Å². The maximum atomic E-state index is 9.60. The molecule has 2 atom stereocenters. The summed E-state index contributed by atoms with van der Waals surface area (Å²) >= 11 is 0. The van der Waals surface area contributed by atoms with Crippen molar-refractivity contribution in [2.24, 2.45) is 5.92 Å². The van der Waals surface area contributed by atoms with Crippen molar-refractivity contribution in [3.8, 4) is 0 Å². The van der Waals surface area contributed by atoms with Crippen molar-refractivity contribution in [1.82, 2.24) is 5.32 Å². The Morgan fingerprint density at radius 3 is 2.63 bits per heavy atom. The third-order valence-electron chi connectivity index (χ3n) is 3.08. The van der Waals surface area contributed by atoms with Crippen LogP contribution in [0.25, 0.3) is 0 Å². The fourth-order valence-electron chi connectivity index (χ4n) is 1.91. The van der Waals surface area contributed by atoms with Gasteiger partial charge >= 0.3 is 0 Å². The number of rotatable bonds is 6. The van der Waals surface area contributed by atoms with Crippen molar-refractivity contribution in [3.05, 3.63) is 36.1 Å². The van der Waals surface area contributed by atoms with E-state index in [1.807, 2.05) is 25.3 Å². The number of nitrogens with one attached hydrogen (secondary N) is 1. The van der Waals surface area contributed by atoms with Crippen LogP contribution in [0.3, 0.4) is 0 Å². The molecule has 0 bridgehead atoms. The second kappa shape index (κ2) is 12.0. The number of aliphatic hydroxyl groups is 2. The van der Waals surface area contributed by atoms with Crippen LogP contribution in [0.15, 0.2) is 36.1 Å². The van der Waals surface area contributed by atoms with Gasteiger partial charge in [0.25, 0.3) is 0 Å². The van der Waals surface area contributed by atoms with Crippen LogP contribution in [-0.4, -0.2) is 29.9 Å². The van der Waals surface area contributed by atoms with E-state index >= 15 is 0 Å². The molecule has 0 aliphatic heterocycles. The van der Waals surface area contributed by atoms with Gasteiger partial charge in [-0.1, -0.05) is 38.5 Å². The van der Waals surface area contributed by atoms with Crippen molar-refractivity contribution in [2.75, 3.05) is 13.6 Å². The van der Waals surface area contributed by atoms with Crippen LogP contribution < -0.4 is 5.32 Å². The third-order valence-corrected chi connectivity index (χ3v) is 3.08. The average molecular weight is 267 g/mol. The molecule has 19 heavy (non-hydrogen) atoms. The Bertz CT molecular complexity index is 295. The molecule has 0 amide bonds. The van der Waals surface area contributed by atoms with E-state index in [2.05, 4.69) is 19.2 Å². The molecule has 0 aromatic heterocycles. The Kier molecular flexibility index (Phi) is 11.3. The highest BCUT2D eigenvalue weighted by Crippen LogP contribution is 2.12. The first-order chi connectivity index (χ1) is 9.15. The molecule has 0 spiro atoms. The van der Waals surface area contributed by atoms with Crippen LogP contribution in [0, 0.1) is 5.92 Å². The third kappa shape index (κ3) is 9.51. The highest BCUT2D eigenvalue weighted by Gasteiger charge is 2.14. The van der Waals surface area contributed by atoms with Gasteiger partial charge < -0.3 is 15.5 Å². The molecule has 1 aliphatic carbocycles. The Labute approximate surface area is 117 Å². The van der Waals surface area contributed by atoms with Crippen molar-refractivity contribution in [1.29, 1.82) is 0 Å². The van der Waals surface area contributed by atoms with Gasteiger partial charge in [0, 0.05) is 6.54 Å². The van der Waals surface area contributed by atoms with E-state index in [-0.39, 0.29) is 6.10 Å². The van der Waals surface area contributed by atoms with Gasteiger partial charge in [-0.3, -0.25) is 0 Å². The van der Waals surface area contributed by atoms with Gasteiger partial charge in [0.15, 0.2) is 0 Å². The predicted molar refractivity (Wildman–Crippen MR) is 82.2 cm³/mol. The molecular weight excluding hydrogens is 238 g/mol. The highest BCUT2D eigenvalue weighted by atomic mass is 16.3. The lowest BCUT2D eigenvalue weighted by Crippen LogP contribution is -2.29. The highest BCUT2D eigenvalue weighted by molar-refractivity contribution is 5.21. The molecule has 0 fully saturated rings. The first-order valence-electron chi connectivity index (χ1n) is 7.20. The lowest BCUT2D eigenvalue weighted by Gasteiger charge is -2.20. The van der Waals surface area contributed by atoms with E-state index in [1.165, 1.54) is 0 Å². The van der Waals surface area contributed by atoms with Crippen LogP contribution in [-0.2, 0) is 0 Å². The molecule has 0 aromatic rings. The van der Waals surface area contributed by atoms with E-state index in [1.54, 1.807) is 12.2 Å². The van der Waals surface area contributed by atoms with Crippen LogP contribution in [0.4, 0.5) is 0 Å². The summed E-state index contributed by atoms with van der Waals surface area (Å²) < 4.78 is 0. The SMILES string of the molecule is CCCC(O)C(CC)CNC.OC1=CC=CCC=C1. The maximum absolute atomic E-state index is 9.60. The average Bonchev–Trinajstić information content (AvgIpc) is 2.64. The molecule has 0 radical (unpaired) electrons. The first-order valence-corrected chi connectivity index (χ1v) is 7.20. The lowest BCUT2D eigenvalue weighted by atomic mass is 9.96. The van der Waals surface area contributed by atoms with E-state index in [0.29, 0.717) is 11.7 Å². The Balaban J connectivity index is 0.000000356. The van der Waals surface area contributed by atoms with Crippen molar-refractivity contribution in [2.45, 2.75) is 45.6 Å². The van der Waals surface area contributed by atoms with Crippen LogP contribution >= 0.6 is 0 Å². The molecule has 3 nitrogen and oxygen atoms in total. The van der Waals surface area contributed by atoms with E-state index in [4.69, 9.17) is 5.11 Å². The summed E-state index contributed by atoms with van der Waals surface area (Å²) in [6, 6.07) is 0. The van der Waals surface area contributed by atoms with E-state index < -0.39 is 0 Å². The topological polar surface area (TPSA) is 52.5 Å². The summed E-state index contributed by atoms with van der Waals surface area (Å²) in [5.74, 6) is 0.763. The molecule has 0 saturated carbocycles. The van der Waals surface area contributed by atoms with E-state index in [0.717, 1.165) is 32.2 Å². The molecule has 1 rings (SSSR count). The summed E-state index contributed by atoms with van der Waals surface area (Å²) in [6.07, 6.45) is 13.0. The zero-order valence-electron chi connectivity index (χ0n) is 12.5. The number of hydrogen-bond donors (Lipinski definition) is 3. The number of aliphatic hydroxyl groups excluding tert-OH is 2. The normalized spacial score (nSPS) is 16.9. The number of hydrogen-bond acceptors (Lipinski definition) is 3. The Hall–Kier alpha value is -1.06. The zero-order valence-corrected chi connectivity index (χ0v) is 12.5. The monoisotopic (exact) mass is 267 g/mol. The van der Waals surface area contributed by atoms with Gasteiger partial charge in [-0.25, -0.2) is 0 Å². The minimum Gasteiger partial charge on any atom is -0.508 e. The summed E-state index contributed by atoms with van der Waals surface area (Å²) in [5.41, 5.74) is 0. The van der Waals surface area contributed by atoms with Crippen molar-refractivity contribution in [3.63, 3.8) is 0 Å². The van der Waals surface area contributed by atoms with Gasteiger partial charge in [0.05, 0.1) is 6.10 Å². The first kappa shape index (κ1) is 17.9. The minimum absolute atomic E-state index is 0.113. The summed E-state index contributed by atoms with van der Waals surface area (Å²) in [5, 5.41) is 21.5. The number of allylic oxidation sites excluding steroid dienone is 5. The summed E-state index contributed by atoms with van der Waals surface area (Å²) in [6.45, 7) is 5.16. The Morgan fingerprint density at radius 1 is 1.32 bits per heavy atom.